The van der Waals surface area contributed by atoms with Crippen LogP contribution in [0.2, 0.25) is 5.02 Å². The molecule has 0 aliphatic carbocycles. The Morgan fingerprint density at radius 3 is 2.74 bits per heavy atom. The largest absolute Gasteiger partial charge is 0.306 e. The second-order valence-electron chi connectivity index (χ2n) is 4.29. The molecule has 2 rings (SSSR count). The van der Waals surface area contributed by atoms with Gasteiger partial charge in [-0.15, -0.1) is 0 Å². The van der Waals surface area contributed by atoms with Crippen LogP contribution >= 0.6 is 11.6 Å². The minimum atomic E-state index is -0.398. The van der Waals surface area contributed by atoms with Gasteiger partial charge in [0, 0.05) is 18.3 Å². The molecule has 0 amide bonds. The molecule has 3 nitrogen and oxygen atoms in total. The highest BCUT2D eigenvalue weighted by molar-refractivity contribution is 6.30. The van der Waals surface area contributed by atoms with Gasteiger partial charge >= 0.3 is 0 Å². The third-order valence-electron chi connectivity index (χ3n) is 3.00. The molecule has 1 N–H and O–H groups in total. The molecule has 1 atom stereocenters. The highest BCUT2D eigenvalue weighted by Gasteiger charge is 2.16. The van der Waals surface area contributed by atoms with Crippen molar-refractivity contribution in [1.29, 1.82) is 0 Å². The lowest BCUT2D eigenvalue weighted by molar-refractivity contribution is 0.602. The summed E-state index contributed by atoms with van der Waals surface area (Å²) in [5.41, 5.74) is 1.87. The lowest BCUT2D eigenvalue weighted by Gasteiger charge is -2.17. The van der Waals surface area contributed by atoms with E-state index in [1.165, 1.54) is 6.07 Å². The molecule has 0 aliphatic heterocycles. The van der Waals surface area contributed by atoms with Crippen LogP contribution in [0.5, 0.6) is 0 Å². The highest BCUT2D eigenvalue weighted by atomic mass is 35.5. The number of aromatic nitrogens is 2. The van der Waals surface area contributed by atoms with Gasteiger partial charge in [0.25, 0.3) is 0 Å². The van der Waals surface area contributed by atoms with Crippen LogP contribution in [-0.2, 0) is 6.54 Å². The van der Waals surface area contributed by atoms with Crippen molar-refractivity contribution in [2.45, 2.75) is 26.4 Å². The fraction of sp³-hybridized carbons (Fsp3) is 0.357. The zero-order chi connectivity index (χ0) is 13.8. The maximum atomic E-state index is 13.6. The Morgan fingerprint density at radius 2 is 2.16 bits per heavy atom. The average molecular weight is 282 g/mol. The quantitative estimate of drug-likeness (QED) is 0.910. The Bertz CT molecular complexity index is 553. The van der Waals surface area contributed by atoms with E-state index in [4.69, 9.17) is 11.6 Å². The van der Waals surface area contributed by atoms with Crippen LogP contribution in [0.25, 0.3) is 0 Å². The van der Waals surface area contributed by atoms with E-state index >= 15 is 0 Å². The topological polar surface area (TPSA) is 29.9 Å². The molecular weight excluding hydrogens is 265 g/mol. The number of nitrogens with one attached hydrogen (secondary N) is 1. The van der Waals surface area contributed by atoms with Gasteiger partial charge in [-0.3, -0.25) is 4.68 Å². The summed E-state index contributed by atoms with van der Waals surface area (Å²) in [6.45, 7) is 5.64. The van der Waals surface area contributed by atoms with Crippen molar-refractivity contribution in [3.8, 4) is 0 Å². The van der Waals surface area contributed by atoms with Crippen molar-refractivity contribution in [3.63, 3.8) is 0 Å². The molecule has 1 aromatic carbocycles. The van der Waals surface area contributed by atoms with E-state index in [1.54, 1.807) is 6.07 Å². The van der Waals surface area contributed by atoms with E-state index in [0.29, 0.717) is 0 Å². The first kappa shape index (κ1) is 14.0. The summed E-state index contributed by atoms with van der Waals surface area (Å²) < 4.78 is 15.4. The summed E-state index contributed by atoms with van der Waals surface area (Å²) in [6, 6.07) is 4.82. The lowest BCUT2D eigenvalue weighted by atomic mass is 10.0. The van der Waals surface area contributed by atoms with Gasteiger partial charge in [-0.1, -0.05) is 24.6 Å². The van der Waals surface area contributed by atoms with Crippen LogP contribution in [0.1, 0.15) is 31.0 Å². The van der Waals surface area contributed by atoms with Crippen molar-refractivity contribution in [3.05, 3.63) is 52.6 Å². The first-order valence-electron chi connectivity index (χ1n) is 6.36. The number of rotatable bonds is 5. The molecule has 1 heterocycles. The Kier molecular flexibility index (Phi) is 4.56. The molecule has 2 aromatic rings. The Morgan fingerprint density at radius 1 is 1.37 bits per heavy atom. The minimum absolute atomic E-state index is 0.0722. The Labute approximate surface area is 117 Å². The zero-order valence-corrected chi connectivity index (χ0v) is 11.8. The summed E-state index contributed by atoms with van der Waals surface area (Å²) in [4.78, 5) is 0. The molecule has 0 aliphatic rings. The molecule has 102 valence electrons. The normalized spacial score (nSPS) is 12.6. The van der Waals surface area contributed by atoms with Crippen LogP contribution in [-0.4, -0.2) is 16.3 Å². The Balaban J connectivity index is 2.35. The number of nitrogens with zero attached hydrogens (tertiary/aromatic N) is 2. The molecule has 0 bridgehead atoms. The monoisotopic (exact) mass is 281 g/mol. The number of halogens is 2. The van der Waals surface area contributed by atoms with Gasteiger partial charge in [-0.25, -0.2) is 4.39 Å². The standard InChI is InChI=1S/C14H17ClFN3/c1-3-17-14(11-8-18-19(4-2)9-11)10-5-6-12(15)13(16)7-10/h5-9,14,17H,3-4H2,1-2H3. The number of aryl methyl sites for hydroxylation is 1. The second kappa shape index (κ2) is 6.17. The maximum absolute atomic E-state index is 13.6. The van der Waals surface area contributed by atoms with Crippen molar-refractivity contribution in [1.82, 2.24) is 15.1 Å². The molecule has 0 saturated carbocycles. The van der Waals surface area contributed by atoms with Gasteiger partial charge in [-0.05, 0) is 31.2 Å². The molecule has 0 radical (unpaired) electrons. The SMILES string of the molecule is CCNC(c1ccc(Cl)c(F)c1)c1cnn(CC)c1. The molecule has 1 unspecified atom stereocenters. The maximum Gasteiger partial charge on any atom is 0.142 e. The third kappa shape index (κ3) is 3.14. The van der Waals surface area contributed by atoms with E-state index in [-0.39, 0.29) is 11.1 Å². The van der Waals surface area contributed by atoms with E-state index in [1.807, 2.05) is 37.0 Å². The van der Waals surface area contributed by atoms with Crippen molar-refractivity contribution >= 4 is 11.6 Å². The lowest BCUT2D eigenvalue weighted by Crippen LogP contribution is -2.21. The van der Waals surface area contributed by atoms with Crippen LogP contribution in [0.15, 0.2) is 30.6 Å². The van der Waals surface area contributed by atoms with Crippen molar-refractivity contribution in [2.24, 2.45) is 0 Å². The molecular formula is C14H17ClFN3. The first-order valence-corrected chi connectivity index (χ1v) is 6.74. The number of hydrogen-bond donors (Lipinski definition) is 1. The molecule has 0 saturated heterocycles. The summed E-state index contributed by atoms with van der Waals surface area (Å²) in [5.74, 6) is -0.398. The predicted molar refractivity (Wildman–Crippen MR) is 74.8 cm³/mol. The fourth-order valence-electron chi connectivity index (χ4n) is 2.03. The average Bonchev–Trinajstić information content (AvgIpc) is 2.88. The van der Waals surface area contributed by atoms with Crippen LogP contribution in [0.4, 0.5) is 4.39 Å². The molecule has 5 heteroatoms. The fourth-order valence-corrected chi connectivity index (χ4v) is 2.14. The van der Waals surface area contributed by atoms with Crippen LogP contribution in [0, 0.1) is 5.82 Å². The first-order chi connectivity index (χ1) is 9.15. The summed E-state index contributed by atoms with van der Waals surface area (Å²) in [7, 11) is 0. The highest BCUT2D eigenvalue weighted by Crippen LogP contribution is 2.25. The zero-order valence-electron chi connectivity index (χ0n) is 11.0. The van der Waals surface area contributed by atoms with Crippen molar-refractivity contribution in [2.75, 3.05) is 6.54 Å². The molecule has 0 fully saturated rings. The van der Waals surface area contributed by atoms with Gasteiger partial charge in [-0.2, -0.15) is 5.10 Å². The molecule has 19 heavy (non-hydrogen) atoms. The summed E-state index contributed by atoms with van der Waals surface area (Å²) >= 11 is 5.72. The second-order valence-corrected chi connectivity index (χ2v) is 4.70. The van der Waals surface area contributed by atoms with E-state index in [0.717, 1.165) is 24.2 Å². The number of benzene rings is 1. The van der Waals surface area contributed by atoms with Crippen molar-refractivity contribution < 1.29 is 4.39 Å². The predicted octanol–water partition coefficient (Wildman–Crippen LogP) is 3.39. The third-order valence-corrected chi connectivity index (χ3v) is 3.30. The van der Waals surface area contributed by atoms with Gasteiger partial charge in [0.15, 0.2) is 0 Å². The van der Waals surface area contributed by atoms with E-state index < -0.39 is 5.82 Å². The molecule has 0 spiro atoms. The Hall–Kier alpha value is -1.39. The van der Waals surface area contributed by atoms with Crippen LogP contribution in [0.3, 0.4) is 0 Å². The van der Waals surface area contributed by atoms with Gasteiger partial charge in [0.1, 0.15) is 5.82 Å². The molecule has 1 aromatic heterocycles. The minimum Gasteiger partial charge on any atom is -0.306 e. The number of hydrogen-bond acceptors (Lipinski definition) is 2. The summed E-state index contributed by atoms with van der Waals surface area (Å²) in [6.07, 6.45) is 3.78. The van der Waals surface area contributed by atoms with Gasteiger partial charge in [0.05, 0.1) is 17.3 Å². The smallest absolute Gasteiger partial charge is 0.142 e. The van der Waals surface area contributed by atoms with E-state index in [9.17, 15) is 4.39 Å². The van der Waals surface area contributed by atoms with Crippen LogP contribution < -0.4 is 5.32 Å². The van der Waals surface area contributed by atoms with E-state index in [2.05, 4.69) is 10.4 Å². The van der Waals surface area contributed by atoms with Gasteiger partial charge in [0.2, 0.25) is 0 Å². The van der Waals surface area contributed by atoms with Gasteiger partial charge < -0.3 is 5.32 Å². The summed E-state index contributed by atoms with van der Waals surface area (Å²) in [5, 5.41) is 7.74.